The van der Waals surface area contributed by atoms with Gasteiger partial charge in [0.2, 0.25) is 0 Å². The van der Waals surface area contributed by atoms with Gasteiger partial charge < -0.3 is 4.42 Å². The number of fused-ring (bicyclic) bond motifs is 1. The van der Waals surface area contributed by atoms with Gasteiger partial charge >= 0.3 is 5.76 Å². The Balaban J connectivity index is 2.21. The molecule has 0 atom stereocenters. The lowest BCUT2D eigenvalue weighted by Gasteiger charge is -2.02. The molecule has 3 aromatic rings. The van der Waals surface area contributed by atoms with Crippen molar-refractivity contribution < 1.29 is 4.42 Å². The van der Waals surface area contributed by atoms with E-state index in [4.69, 9.17) is 16.0 Å². The standard InChI is InChI=1S/C11H8BrClN4O2/c1-16-9(14-5-15-16)4-17-8-3-6(12)2-7(13)10(8)19-11(17)18/h2-3,5H,4H2,1H3. The van der Waals surface area contributed by atoms with Gasteiger partial charge in [-0.05, 0) is 12.1 Å². The smallest absolute Gasteiger partial charge is 0.406 e. The summed E-state index contributed by atoms with van der Waals surface area (Å²) < 4.78 is 9.02. The molecule has 0 aliphatic carbocycles. The monoisotopic (exact) mass is 342 g/mol. The molecule has 0 radical (unpaired) electrons. The first-order valence-corrected chi connectivity index (χ1v) is 6.54. The summed E-state index contributed by atoms with van der Waals surface area (Å²) in [5.41, 5.74) is 0.990. The fraction of sp³-hybridized carbons (Fsp3) is 0.182. The van der Waals surface area contributed by atoms with Gasteiger partial charge in [-0.15, -0.1) is 0 Å². The number of benzene rings is 1. The van der Waals surface area contributed by atoms with Crippen LogP contribution in [0.5, 0.6) is 0 Å². The predicted octanol–water partition coefficient (Wildman–Crippen LogP) is 2.19. The second-order valence-electron chi connectivity index (χ2n) is 3.99. The second-order valence-corrected chi connectivity index (χ2v) is 5.31. The van der Waals surface area contributed by atoms with E-state index in [0.717, 1.165) is 4.47 Å². The minimum atomic E-state index is -0.474. The van der Waals surface area contributed by atoms with Crippen LogP contribution in [0.25, 0.3) is 11.1 Å². The van der Waals surface area contributed by atoms with Crippen LogP contribution in [0, 0.1) is 0 Å². The number of nitrogens with zero attached hydrogens (tertiary/aromatic N) is 4. The lowest BCUT2D eigenvalue weighted by Crippen LogP contribution is -2.17. The van der Waals surface area contributed by atoms with Gasteiger partial charge in [0.1, 0.15) is 12.2 Å². The Morgan fingerprint density at radius 1 is 1.47 bits per heavy atom. The van der Waals surface area contributed by atoms with Gasteiger partial charge in [0, 0.05) is 11.5 Å². The van der Waals surface area contributed by atoms with Crippen LogP contribution in [-0.4, -0.2) is 19.3 Å². The van der Waals surface area contributed by atoms with Crippen molar-refractivity contribution in [2.24, 2.45) is 7.05 Å². The van der Waals surface area contributed by atoms with Crippen molar-refractivity contribution in [1.82, 2.24) is 19.3 Å². The highest BCUT2D eigenvalue weighted by atomic mass is 79.9. The van der Waals surface area contributed by atoms with E-state index in [-0.39, 0.29) is 6.54 Å². The highest BCUT2D eigenvalue weighted by Crippen LogP contribution is 2.27. The zero-order valence-electron chi connectivity index (χ0n) is 9.80. The van der Waals surface area contributed by atoms with Crippen LogP contribution >= 0.6 is 27.5 Å². The first kappa shape index (κ1) is 12.4. The molecule has 0 aliphatic heterocycles. The third-order valence-corrected chi connectivity index (χ3v) is 3.53. The quantitative estimate of drug-likeness (QED) is 0.715. The molecule has 0 amide bonds. The summed E-state index contributed by atoms with van der Waals surface area (Å²) in [5, 5.41) is 4.35. The molecule has 8 heteroatoms. The largest absolute Gasteiger partial charge is 0.420 e. The molecule has 6 nitrogen and oxygen atoms in total. The van der Waals surface area contributed by atoms with Gasteiger partial charge in [-0.25, -0.2) is 9.78 Å². The van der Waals surface area contributed by atoms with Gasteiger partial charge in [-0.2, -0.15) is 5.10 Å². The second kappa shape index (κ2) is 4.50. The van der Waals surface area contributed by atoms with E-state index < -0.39 is 5.76 Å². The zero-order valence-corrected chi connectivity index (χ0v) is 12.1. The van der Waals surface area contributed by atoms with E-state index in [1.165, 1.54) is 10.9 Å². The Morgan fingerprint density at radius 3 is 2.95 bits per heavy atom. The number of halogens is 2. The number of rotatable bonds is 2. The summed E-state index contributed by atoms with van der Waals surface area (Å²) >= 11 is 9.40. The average Bonchev–Trinajstić information content (AvgIpc) is 2.87. The third-order valence-electron chi connectivity index (χ3n) is 2.79. The van der Waals surface area contributed by atoms with Crippen molar-refractivity contribution in [3.63, 3.8) is 0 Å². The summed E-state index contributed by atoms with van der Waals surface area (Å²) in [6, 6.07) is 3.46. The number of aryl methyl sites for hydroxylation is 1. The maximum absolute atomic E-state index is 11.9. The van der Waals surface area contributed by atoms with Crippen molar-refractivity contribution >= 4 is 38.6 Å². The van der Waals surface area contributed by atoms with E-state index >= 15 is 0 Å². The van der Waals surface area contributed by atoms with Crippen LogP contribution in [0.3, 0.4) is 0 Å². The molecule has 0 saturated heterocycles. The van der Waals surface area contributed by atoms with Crippen molar-refractivity contribution in [2.75, 3.05) is 0 Å². The number of aromatic nitrogens is 4. The van der Waals surface area contributed by atoms with Crippen molar-refractivity contribution in [3.8, 4) is 0 Å². The lowest BCUT2D eigenvalue weighted by molar-refractivity contribution is 0.509. The van der Waals surface area contributed by atoms with Gasteiger partial charge in [-0.1, -0.05) is 27.5 Å². The molecule has 3 rings (SSSR count). The molecule has 1 aromatic carbocycles. The third kappa shape index (κ3) is 2.08. The van der Waals surface area contributed by atoms with E-state index in [0.29, 0.717) is 21.9 Å². The van der Waals surface area contributed by atoms with Crippen LogP contribution < -0.4 is 5.76 Å². The van der Waals surface area contributed by atoms with Crippen LogP contribution in [-0.2, 0) is 13.6 Å². The molecule has 0 bridgehead atoms. The molecule has 0 saturated carbocycles. The highest BCUT2D eigenvalue weighted by molar-refractivity contribution is 9.10. The lowest BCUT2D eigenvalue weighted by atomic mass is 10.3. The maximum atomic E-state index is 11.9. The molecule has 0 unspecified atom stereocenters. The Hall–Kier alpha value is -1.60. The summed E-state index contributed by atoms with van der Waals surface area (Å²) in [7, 11) is 1.76. The van der Waals surface area contributed by atoms with Crippen LogP contribution in [0.1, 0.15) is 5.82 Å². The van der Waals surface area contributed by atoms with Crippen molar-refractivity contribution in [3.05, 3.63) is 44.3 Å². The molecule has 0 N–H and O–H groups in total. The van der Waals surface area contributed by atoms with E-state index in [9.17, 15) is 4.79 Å². The number of oxazole rings is 1. The Labute approximate surface area is 120 Å². The first-order chi connectivity index (χ1) is 9.06. The van der Waals surface area contributed by atoms with Crippen LogP contribution in [0.2, 0.25) is 5.02 Å². The van der Waals surface area contributed by atoms with Crippen molar-refractivity contribution in [2.45, 2.75) is 6.54 Å². The molecular weight excluding hydrogens is 336 g/mol. The minimum Gasteiger partial charge on any atom is -0.406 e. The summed E-state index contributed by atoms with van der Waals surface area (Å²) in [6.07, 6.45) is 1.44. The topological polar surface area (TPSA) is 65.8 Å². The molecule has 19 heavy (non-hydrogen) atoms. The van der Waals surface area contributed by atoms with Gasteiger partial charge in [0.15, 0.2) is 5.58 Å². The van der Waals surface area contributed by atoms with Gasteiger partial charge in [0.05, 0.1) is 17.1 Å². The molecule has 2 heterocycles. The Morgan fingerprint density at radius 2 is 2.26 bits per heavy atom. The molecular formula is C11H8BrClN4O2. The molecule has 0 spiro atoms. The molecule has 2 aromatic heterocycles. The Bertz CT molecular complexity index is 820. The zero-order chi connectivity index (χ0) is 13.6. The molecule has 98 valence electrons. The normalized spacial score (nSPS) is 11.3. The SMILES string of the molecule is Cn1ncnc1Cn1c(=O)oc2c(Cl)cc(Br)cc21. The summed E-state index contributed by atoms with van der Waals surface area (Å²) in [6.45, 7) is 0.273. The maximum Gasteiger partial charge on any atom is 0.420 e. The minimum absolute atomic E-state index is 0.273. The van der Waals surface area contributed by atoms with Gasteiger partial charge in [-0.3, -0.25) is 9.25 Å². The fourth-order valence-corrected chi connectivity index (χ4v) is 2.67. The predicted molar refractivity (Wildman–Crippen MR) is 73.3 cm³/mol. The molecule has 0 fully saturated rings. The highest BCUT2D eigenvalue weighted by Gasteiger charge is 2.15. The van der Waals surface area contributed by atoms with E-state index in [1.807, 2.05) is 0 Å². The van der Waals surface area contributed by atoms with E-state index in [1.54, 1.807) is 23.9 Å². The summed E-state index contributed by atoms with van der Waals surface area (Å²) in [4.78, 5) is 16.0. The first-order valence-electron chi connectivity index (χ1n) is 5.37. The number of hydrogen-bond acceptors (Lipinski definition) is 4. The molecule has 0 aliphatic rings. The van der Waals surface area contributed by atoms with Gasteiger partial charge in [0.25, 0.3) is 0 Å². The summed E-state index contributed by atoms with van der Waals surface area (Å²) in [5.74, 6) is 0.180. The van der Waals surface area contributed by atoms with Crippen LogP contribution in [0.4, 0.5) is 0 Å². The number of hydrogen-bond donors (Lipinski definition) is 0. The fourth-order valence-electron chi connectivity index (χ4n) is 1.84. The Kier molecular flexibility index (Phi) is 2.94. The van der Waals surface area contributed by atoms with Crippen molar-refractivity contribution in [1.29, 1.82) is 0 Å². The van der Waals surface area contributed by atoms with E-state index in [2.05, 4.69) is 26.0 Å². The van der Waals surface area contributed by atoms with Crippen LogP contribution in [0.15, 0.2) is 32.1 Å². The average molecular weight is 344 g/mol.